The molecule has 2 heterocycles. The largest absolute Gasteiger partial charge is 0.507 e. The first kappa shape index (κ1) is 28.9. The maximum absolute atomic E-state index is 10.6. The molecule has 0 saturated carbocycles. The zero-order valence-corrected chi connectivity index (χ0v) is 27.2. The van der Waals surface area contributed by atoms with Gasteiger partial charge in [-0.05, 0) is 64.6 Å². The fourth-order valence-corrected chi connectivity index (χ4v) is 7.20. The Balaban J connectivity index is 1.30. The monoisotopic (exact) mass is 628 g/mol. The Hall–Kier alpha value is -5.52. The summed E-state index contributed by atoms with van der Waals surface area (Å²) in [5.74, 6) is 0.206. The molecule has 0 atom stereocenters. The third-order valence-electron chi connectivity index (χ3n) is 8.67. The number of benzene rings is 6. The van der Waals surface area contributed by atoms with Crippen LogP contribution in [0.2, 0.25) is 0 Å². The van der Waals surface area contributed by atoms with Gasteiger partial charge in [-0.1, -0.05) is 106 Å². The minimum atomic E-state index is -0.0434. The Kier molecular flexibility index (Phi) is 7.00. The van der Waals surface area contributed by atoms with Crippen molar-refractivity contribution in [3.63, 3.8) is 0 Å². The van der Waals surface area contributed by atoms with Gasteiger partial charge in [-0.2, -0.15) is 0 Å². The summed E-state index contributed by atoms with van der Waals surface area (Å²) in [6.45, 7) is 6.48. The van der Waals surface area contributed by atoms with Crippen molar-refractivity contribution in [2.75, 3.05) is 0 Å². The van der Waals surface area contributed by atoms with Gasteiger partial charge >= 0.3 is 0 Å². The van der Waals surface area contributed by atoms with Gasteiger partial charge < -0.3 is 9.52 Å². The van der Waals surface area contributed by atoms with E-state index in [1.807, 2.05) is 54.6 Å². The summed E-state index contributed by atoms with van der Waals surface area (Å²) < 4.78 is 7.57. The number of phenols is 1. The summed E-state index contributed by atoms with van der Waals surface area (Å²) in [4.78, 5) is 10.2. The summed E-state index contributed by atoms with van der Waals surface area (Å²) >= 11 is 1.66. The fraction of sp³-hybridized carbons (Fsp3) is 0.0952. The summed E-state index contributed by atoms with van der Waals surface area (Å²) in [5, 5.41) is 13.7. The average Bonchev–Trinajstić information content (AvgIpc) is 3.69. The van der Waals surface area contributed by atoms with Crippen molar-refractivity contribution in [2.24, 2.45) is 4.99 Å². The van der Waals surface area contributed by atoms with Crippen LogP contribution in [0.1, 0.15) is 31.9 Å². The molecule has 0 radical (unpaired) electrons. The van der Waals surface area contributed by atoms with Crippen molar-refractivity contribution in [3.8, 4) is 38.6 Å². The van der Waals surface area contributed by atoms with Gasteiger partial charge in [-0.3, -0.25) is 4.99 Å². The Bertz CT molecular complexity index is 2460. The second kappa shape index (κ2) is 11.4. The quantitative estimate of drug-likeness (QED) is 0.193. The zero-order chi connectivity index (χ0) is 32.1. The molecule has 5 heteroatoms. The van der Waals surface area contributed by atoms with E-state index in [0.717, 1.165) is 76.2 Å². The minimum Gasteiger partial charge on any atom is -0.507 e. The SMILES string of the molecule is CC(C)(C)c1ccc(O)c(C=Nc2ccccc2-c2nc3c(-c4cccc5c4oc4ccccc45)cc(-c4ccccc4)cc3s2)c1. The number of fused-ring (bicyclic) bond motifs is 4. The molecule has 8 rings (SSSR count). The van der Waals surface area contributed by atoms with E-state index in [9.17, 15) is 5.11 Å². The van der Waals surface area contributed by atoms with Crippen LogP contribution in [0.3, 0.4) is 0 Å². The van der Waals surface area contributed by atoms with Gasteiger partial charge in [-0.25, -0.2) is 4.98 Å². The average molecular weight is 629 g/mol. The highest BCUT2D eigenvalue weighted by molar-refractivity contribution is 7.21. The van der Waals surface area contributed by atoms with Crippen LogP contribution < -0.4 is 0 Å². The topological polar surface area (TPSA) is 58.6 Å². The predicted molar refractivity (Wildman–Crippen MR) is 197 cm³/mol. The van der Waals surface area contributed by atoms with Crippen molar-refractivity contribution < 1.29 is 9.52 Å². The third-order valence-corrected chi connectivity index (χ3v) is 9.70. The van der Waals surface area contributed by atoms with Crippen LogP contribution in [0.25, 0.3) is 65.0 Å². The molecule has 0 saturated heterocycles. The number of rotatable bonds is 5. The lowest BCUT2D eigenvalue weighted by Crippen LogP contribution is -2.11. The van der Waals surface area contributed by atoms with Crippen molar-refractivity contribution in [1.29, 1.82) is 0 Å². The van der Waals surface area contributed by atoms with E-state index >= 15 is 0 Å². The first-order chi connectivity index (χ1) is 22.8. The molecule has 0 aliphatic carbocycles. The number of thiazole rings is 1. The maximum atomic E-state index is 10.6. The number of phenolic OH excluding ortho intramolecular Hbond substituents is 1. The van der Waals surface area contributed by atoms with Crippen LogP contribution in [0.4, 0.5) is 5.69 Å². The van der Waals surface area contributed by atoms with E-state index in [4.69, 9.17) is 14.4 Å². The number of aromatic hydroxyl groups is 1. The Labute approximate surface area is 277 Å². The first-order valence-corrected chi connectivity index (χ1v) is 16.5. The lowest BCUT2D eigenvalue weighted by molar-refractivity contribution is 0.473. The van der Waals surface area contributed by atoms with Crippen LogP contribution in [0.15, 0.2) is 137 Å². The van der Waals surface area contributed by atoms with Crippen molar-refractivity contribution in [2.45, 2.75) is 26.2 Å². The lowest BCUT2D eigenvalue weighted by atomic mass is 9.86. The Morgan fingerprint density at radius 3 is 2.30 bits per heavy atom. The molecule has 8 aromatic rings. The van der Waals surface area contributed by atoms with Gasteiger partial charge in [0.25, 0.3) is 0 Å². The zero-order valence-electron chi connectivity index (χ0n) is 26.4. The molecule has 2 aromatic heterocycles. The minimum absolute atomic E-state index is 0.0434. The summed E-state index contributed by atoms with van der Waals surface area (Å²) in [7, 11) is 0. The number of furan rings is 1. The molecule has 0 unspecified atom stereocenters. The highest BCUT2D eigenvalue weighted by Crippen LogP contribution is 2.44. The van der Waals surface area contributed by atoms with E-state index < -0.39 is 0 Å². The van der Waals surface area contributed by atoms with E-state index in [2.05, 4.69) is 87.5 Å². The molecule has 0 bridgehead atoms. The smallest absolute Gasteiger partial charge is 0.143 e. The molecule has 0 fully saturated rings. The number of para-hydroxylation sites is 3. The van der Waals surface area contributed by atoms with Crippen molar-refractivity contribution in [3.05, 3.63) is 139 Å². The normalized spacial score (nSPS) is 12.1. The maximum Gasteiger partial charge on any atom is 0.143 e. The molecule has 0 aliphatic heterocycles. The Morgan fingerprint density at radius 2 is 1.45 bits per heavy atom. The predicted octanol–water partition coefficient (Wildman–Crippen LogP) is 12.0. The van der Waals surface area contributed by atoms with Gasteiger partial charge in [0.2, 0.25) is 0 Å². The van der Waals surface area contributed by atoms with E-state index in [-0.39, 0.29) is 11.2 Å². The van der Waals surface area contributed by atoms with Crippen LogP contribution >= 0.6 is 11.3 Å². The molecular formula is C42H32N2O2S. The Morgan fingerprint density at radius 1 is 0.702 bits per heavy atom. The molecule has 47 heavy (non-hydrogen) atoms. The molecule has 6 aromatic carbocycles. The highest BCUT2D eigenvalue weighted by Gasteiger charge is 2.20. The number of nitrogens with zero attached hydrogens (tertiary/aromatic N) is 2. The van der Waals surface area contributed by atoms with Crippen molar-refractivity contribution >= 4 is 55.4 Å². The van der Waals surface area contributed by atoms with Crippen LogP contribution in [-0.4, -0.2) is 16.3 Å². The van der Waals surface area contributed by atoms with E-state index in [0.29, 0.717) is 5.56 Å². The first-order valence-electron chi connectivity index (χ1n) is 15.7. The van der Waals surface area contributed by atoms with Gasteiger partial charge in [0.05, 0.1) is 15.9 Å². The van der Waals surface area contributed by atoms with Gasteiger partial charge in [0.1, 0.15) is 21.9 Å². The van der Waals surface area contributed by atoms with Crippen LogP contribution in [0.5, 0.6) is 5.75 Å². The number of hydrogen-bond acceptors (Lipinski definition) is 5. The van der Waals surface area contributed by atoms with E-state index in [1.165, 1.54) is 0 Å². The molecule has 228 valence electrons. The number of aliphatic imine (C=N–C) groups is 1. The van der Waals surface area contributed by atoms with Gasteiger partial charge in [-0.15, -0.1) is 11.3 Å². The van der Waals surface area contributed by atoms with Crippen LogP contribution in [0, 0.1) is 0 Å². The van der Waals surface area contributed by atoms with Crippen LogP contribution in [-0.2, 0) is 5.41 Å². The number of aromatic nitrogens is 1. The number of hydrogen-bond donors (Lipinski definition) is 1. The molecule has 0 spiro atoms. The van der Waals surface area contributed by atoms with Crippen molar-refractivity contribution in [1.82, 2.24) is 4.98 Å². The second-order valence-corrected chi connectivity index (χ2v) is 13.9. The van der Waals surface area contributed by atoms with Gasteiger partial charge in [0.15, 0.2) is 0 Å². The van der Waals surface area contributed by atoms with Gasteiger partial charge in [0, 0.05) is 39.2 Å². The lowest BCUT2D eigenvalue weighted by Gasteiger charge is -2.19. The third kappa shape index (κ3) is 5.29. The molecule has 0 amide bonds. The standard InChI is InChI=1S/C42H32N2O2S/c1-42(2,3)29-20-21-36(45)28(22-29)25-43-35-18-9-7-15-33(35)41-44-39-34(23-27(24-38(39)47-41)26-12-5-4-6-13-26)32-17-11-16-31-30-14-8-10-19-37(30)46-40(31)32/h4-25,45H,1-3H3. The molecular weight excluding hydrogens is 597 g/mol. The highest BCUT2D eigenvalue weighted by atomic mass is 32.1. The summed E-state index contributed by atoms with van der Waals surface area (Å²) in [6, 6.07) is 43.2. The summed E-state index contributed by atoms with van der Waals surface area (Å²) in [5.41, 5.74) is 10.5. The second-order valence-electron chi connectivity index (χ2n) is 12.8. The molecule has 4 nitrogen and oxygen atoms in total. The molecule has 0 aliphatic rings. The summed E-state index contributed by atoms with van der Waals surface area (Å²) in [6.07, 6.45) is 1.75. The molecule has 1 N–H and O–H groups in total. The fourth-order valence-electron chi connectivity index (χ4n) is 6.14. The van der Waals surface area contributed by atoms with E-state index in [1.54, 1.807) is 23.6 Å².